The Hall–Kier alpha value is -2.04. The lowest BCUT2D eigenvalue weighted by Crippen LogP contribution is -2.25. The number of hydrogen-bond donors (Lipinski definition) is 3. The number of nitrogens with two attached hydrogens (primary N) is 1. The number of anilines is 1. The monoisotopic (exact) mass is 303 g/mol. The molecule has 0 radical (unpaired) electrons. The summed E-state index contributed by atoms with van der Waals surface area (Å²) in [5.41, 5.74) is 6.10. The minimum Gasteiger partial charge on any atom is -0.352 e. The van der Waals surface area contributed by atoms with Crippen LogP contribution in [0.5, 0.6) is 0 Å². The van der Waals surface area contributed by atoms with Crippen LogP contribution in [0.4, 0.5) is 5.69 Å². The van der Waals surface area contributed by atoms with Gasteiger partial charge in [-0.1, -0.05) is 23.7 Å². The Kier molecular flexibility index (Phi) is 5.20. The molecule has 0 saturated carbocycles. The fourth-order valence-electron chi connectivity index (χ4n) is 2.04. The molecule has 2 aromatic carbocycles. The van der Waals surface area contributed by atoms with Gasteiger partial charge >= 0.3 is 0 Å². The quantitative estimate of drug-likeness (QED) is 0.588. The third kappa shape index (κ3) is 4.21. The molecule has 0 heterocycles. The van der Waals surface area contributed by atoms with Gasteiger partial charge in [0, 0.05) is 17.1 Å². The van der Waals surface area contributed by atoms with Gasteiger partial charge in [0.25, 0.3) is 5.91 Å². The molecule has 0 fully saturated rings. The molecular weight excluding hydrogens is 286 g/mol. The number of carbonyl (C=O) groups excluding carboxylic acids is 1. The second-order valence-corrected chi connectivity index (χ2v) is 5.24. The third-order valence-corrected chi connectivity index (χ3v) is 3.51. The van der Waals surface area contributed by atoms with Crippen LogP contribution in [0, 0.1) is 6.92 Å². The van der Waals surface area contributed by atoms with Crippen molar-refractivity contribution in [3.63, 3.8) is 0 Å². The summed E-state index contributed by atoms with van der Waals surface area (Å²) < 4.78 is 0. The number of carbonyl (C=O) groups is 1. The van der Waals surface area contributed by atoms with E-state index in [0.717, 1.165) is 23.2 Å². The van der Waals surface area contributed by atoms with Crippen LogP contribution in [0.25, 0.3) is 0 Å². The van der Waals surface area contributed by atoms with Gasteiger partial charge in [-0.2, -0.15) is 0 Å². The predicted molar refractivity (Wildman–Crippen MR) is 86.5 cm³/mol. The molecule has 0 atom stereocenters. The SMILES string of the molecule is Cc1cc(C(=O)NCCc2ccc(Cl)cc2)ccc1NN. The van der Waals surface area contributed by atoms with Gasteiger partial charge in [-0.05, 0) is 54.8 Å². The van der Waals surface area contributed by atoms with Gasteiger partial charge in [-0.25, -0.2) is 0 Å². The van der Waals surface area contributed by atoms with E-state index in [-0.39, 0.29) is 5.91 Å². The number of rotatable bonds is 5. The average molecular weight is 304 g/mol. The van der Waals surface area contributed by atoms with Crippen LogP contribution < -0.4 is 16.6 Å². The number of hydrazine groups is 1. The normalized spacial score (nSPS) is 10.2. The summed E-state index contributed by atoms with van der Waals surface area (Å²) in [6, 6.07) is 13.0. The van der Waals surface area contributed by atoms with Crippen molar-refractivity contribution in [3.05, 3.63) is 64.2 Å². The minimum atomic E-state index is -0.0874. The second kappa shape index (κ2) is 7.11. The van der Waals surface area contributed by atoms with E-state index in [1.807, 2.05) is 37.3 Å². The van der Waals surface area contributed by atoms with Crippen molar-refractivity contribution >= 4 is 23.2 Å². The topological polar surface area (TPSA) is 67.2 Å². The zero-order valence-corrected chi connectivity index (χ0v) is 12.6. The number of hydrogen-bond acceptors (Lipinski definition) is 3. The van der Waals surface area contributed by atoms with Crippen molar-refractivity contribution in [1.82, 2.24) is 5.32 Å². The van der Waals surface area contributed by atoms with E-state index in [9.17, 15) is 4.79 Å². The molecule has 5 heteroatoms. The molecule has 0 aliphatic rings. The highest BCUT2D eigenvalue weighted by Crippen LogP contribution is 2.15. The van der Waals surface area contributed by atoms with Crippen LogP contribution in [-0.2, 0) is 6.42 Å². The Morgan fingerprint density at radius 3 is 2.52 bits per heavy atom. The van der Waals surface area contributed by atoms with Gasteiger partial charge < -0.3 is 10.7 Å². The summed E-state index contributed by atoms with van der Waals surface area (Å²) in [5, 5.41) is 3.62. The van der Waals surface area contributed by atoms with Gasteiger partial charge in [-0.15, -0.1) is 0 Å². The number of amides is 1. The van der Waals surface area contributed by atoms with E-state index in [1.165, 1.54) is 0 Å². The Morgan fingerprint density at radius 2 is 1.90 bits per heavy atom. The zero-order chi connectivity index (χ0) is 15.2. The first-order chi connectivity index (χ1) is 10.1. The molecule has 21 heavy (non-hydrogen) atoms. The van der Waals surface area contributed by atoms with E-state index in [1.54, 1.807) is 12.1 Å². The molecule has 4 nitrogen and oxygen atoms in total. The largest absolute Gasteiger partial charge is 0.352 e. The fourth-order valence-corrected chi connectivity index (χ4v) is 2.17. The van der Waals surface area contributed by atoms with Crippen LogP contribution in [0.1, 0.15) is 21.5 Å². The number of nitrogens with one attached hydrogen (secondary N) is 2. The van der Waals surface area contributed by atoms with Gasteiger partial charge in [0.05, 0.1) is 5.69 Å². The number of nitrogen functional groups attached to an aromatic ring is 1. The highest BCUT2D eigenvalue weighted by molar-refractivity contribution is 6.30. The molecule has 0 aliphatic carbocycles. The molecule has 0 spiro atoms. The van der Waals surface area contributed by atoms with Crippen molar-refractivity contribution in [2.24, 2.45) is 5.84 Å². The molecule has 0 unspecified atom stereocenters. The molecule has 2 aromatic rings. The Bertz CT molecular complexity index is 626. The average Bonchev–Trinajstić information content (AvgIpc) is 2.49. The summed E-state index contributed by atoms with van der Waals surface area (Å²) >= 11 is 5.83. The van der Waals surface area contributed by atoms with Crippen molar-refractivity contribution in [1.29, 1.82) is 0 Å². The molecule has 2 rings (SSSR count). The lowest BCUT2D eigenvalue weighted by molar-refractivity contribution is 0.0954. The maximum atomic E-state index is 12.1. The first-order valence-electron chi connectivity index (χ1n) is 6.70. The number of halogens is 1. The molecule has 0 bridgehead atoms. The Balaban J connectivity index is 1.89. The van der Waals surface area contributed by atoms with Crippen LogP contribution in [0.2, 0.25) is 5.02 Å². The highest BCUT2D eigenvalue weighted by Gasteiger charge is 2.07. The second-order valence-electron chi connectivity index (χ2n) is 4.81. The molecule has 1 amide bonds. The van der Waals surface area contributed by atoms with Crippen molar-refractivity contribution < 1.29 is 4.79 Å². The standard InChI is InChI=1S/C16H18ClN3O/c1-11-10-13(4-7-15(11)20-18)16(21)19-9-8-12-2-5-14(17)6-3-12/h2-7,10,20H,8-9,18H2,1H3,(H,19,21). The van der Waals surface area contributed by atoms with Gasteiger partial charge in [-0.3, -0.25) is 10.6 Å². The maximum absolute atomic E-state index is 12.1. The van der Waals surface area contributed by atoms with Crippen molar-refractivity contribution in [3.8, 4) is 0 Å². The predicted octanol–water partition coefficient (Wildman–Crippen LogP) is 2.91. The smallest absolute Gasteiger partial charge is 0.251 e. The van der Waals surface area contributed by atoms with Gasteiger partial charge in [0.2, 0.25) is 0 Å². The Labute approximate surface area is 129 Å². The summed E-state index contributed by atoms with van der Waals surface area (Å²) in [7, 11) is 0. The molecule has 0 saturated heterocycles. The van der Waals surface area contributed by atoms with Crippen molar-refractivity contribution in [2.75, 3.05) is 12.0 Å². The molecule has 4 N–H and O–H groups in total. The van der Waals surface area contributed by atoms with E-state index in [4.69, 9.17) is 17.4 Å². The van der Waals surface area contributed by atoms with Gasteiger partial charge in [0.1, 0.15) is 0 Å². The minimum absolute atomic E-state index is 0.0874. The first kappa shape index (κ1) is 15.4. The van der Waals surface area contributed by atoms with Crippen LogP contribution in [0.3, 0.4) is 0 Å². The number of benzene rings is 2. The summed E-state index contributed by atoms with van der Waals surface area (Å²) in [5.74, 6) is 5.28. The molecular formula is C16H18ClN3O. The molecule has 0 aliphatic heterocycles. The van der Waals surface area contributed by atoms with Crippen LogP contribution in [-0.4, -0.2) is 12.5 Å². The lowest BCUT2D eigenvalue weighted by atomic mass is 10.1. The third-order valence-electron chi connectivity index (χ3n) is 3.26. The first-order valence-corrected chi connectivity index (χ1v) is 7.08. The van der Waals surface area contributed by atoms with E-state index in [0.29, 0.717) is 17.1 Å². The maximum Gasteiger partial charge on any atom is 0.251 e. The summed E-state index contributed by atoms with van der Waals surface area (Å²) in [6.07, 6.45) is 0.768. The lowest BCUT2D eigenvalue weighted by Gasteiger charge is -2.09. The van der Waals surface area contributed by atoms with E-state index >= 15 is 0 Å². The summed E-state index contributed by atoms with van der Waals surface area (Å²) in [6.45, 7) is 2.48. The zero-order valence-electron chi connectivity index (χ0n) is 11.8. The molecule has 0 aromatic heterocycles. The van der Waals surface area contributed by atoms with E-state index in [2.05, 4.69) is 10.7 Å². The number of aryl methyl sites for hydroxylation is 1. The summed E-state index contributed by atoms with van der Waals surface area (Å²) in [4.78, 5) is 12.1. The Morgan fingerprint density at radius 1 is 1.19 bits per heavy atom. The fraction of sp³-hybridized carbons (Fsp3) is 0.188. The van der Waals surface area contributed by atoms with Crippen LogP contribution >= 0.6 is 11.6 Å². The molecule has 110 valence electrons. The van der Waals surface area contributed by atoms with E-state index < -0.39 is 0 Å². The highest BCUT2D eigenvalue weighted by atomic mass is 35.5. The van der Waals surface area contributed by atoms with Gasteiger partial charge in [0.15, 0.2) is 0 Å². The van der Waals surface area contributed by atoms with Crippen molar-refractivity contribution in [2.45, 2.75) is 13.3 Å². The van der Waals surface area contributed by atoms with Crippen LogP contribution in [0.15, 0.2) is 42.5 Å².